The van der Waals surface area contributed by atoms with E-state index >= 15 is 0 Å². The van der Waals surface area contributed by atoms with E-state index < -0.39 is 0 Å². The highest BCUT2D eigenvalue weighted by atomic mass is 16.5. The topological polar surface area (TPSA) is 82.5 Å². The third kappa shape index (κ3) is 8.37. The van der Waals surface area contributed by atoms with Gasteiger partial charge in [0.15, 0.2) is 11.5 Å². The molecule has 182 valence electrons. The highest BCUT2D eigenvalue weighted by Crippen LogP contribution is 2.30. The minimum Gasteiger partial charge on any atom is -0.493 e. The van der Waals surface area contributed by atoms with E-state index in [-0.39, 0.29) is 0 Å². The van der Waals surface area contributed by atoms with Crippen LogP contribution < -0.4 is 25.4 Å². The third-order valence-electron chi connectivity index (χ3n) is 6.23. The van der Waals surface area contributed by atoms with E-state index in [0.717, 1.165) is 49.8 Å². The van der Waals surface area contributed by atoms with Crippen molar-refractivity contribution in [1.82, 2.24) is 15.5 Å². The zero-order valence-corrected chi connectivity index (χ0v) is 20.2. The van der Waals surface area contributed by atoms with Gasteiger partial charge in [-0.1, -0.05) is 0 Å². The maximum Gasteiger partial charge on any atom is 0.163 e. The molecule has 33 heavy (non-hydrogen) atoms. The van der Waals surface area contributed by atoms with Crippen molar-refractivity contribution < 1.29 is 9.47 Å². The van der Waals surface area contributed by atoms with Crippen molar-refractivity contribution in [3.63, 3.8) is 0 Å². The number of amidine groups is 1. The molecule has 1 aromatic rings. The summed E-state index contributed by atoms with van der Waals surface area (Å²) in [4.78, 5) is 11.0. The summed E-state index contributed by atoms with van der Waals surface area (Å²) < 4.78 is 11.5. The summed E-state index contributed by atoms with van der Waals surface area (Å²) in [6.45, 7) is 10.9. The van der Waals surface area contributed by atoms with Gasteiger partial charge in [-0.2, -0.15) is 0 Å². The smallest absolute Gasteiger partial charge is 0.163 e. The Labute approximate surface area is 198 Å². The Balaban J connectivity index is 1.55. The Kier molecular flexibility index (Phi) is 10.5. The lowest BCUT2D eigenvalue weighted by molar-refractivity contribution is 0.254. The molecule has 2 heterocycles. The van der Waals surface area contributed by atoms with Crippen molar-refractivity contribution in [2.75, 3.05) is 65.3 Å². The number of rotatable bonds is 12. The second-order valence-corrected chi connectivity index (χ2v) is 8.61. The Morgan fingerprint density at radius 3 is 2.73 bits per heavy atom. The molecule has 0 aromatic heterocycles. The predicted octanol–water partition coefficient (Wildman–Crippen LogP) is 3.13. The third-order valence-corrected chi connectivity index (χ3v) is 6.23. The van der Waals surface area contributed by atoms with E-state index in [1.807, 2.05) is 24.3 Å². The average molecular weight is 457 g/mol. The molecule has 0 bridgehead atoms. The van der Waals surface area contributed by atoms with Crippen molar-refractivity contribution >= 4 is 18.2 Å². The van der Waals surface area contributed by atoms with Gasteiger partial charge in [-0.15, -0.1) is 0 Å². The summed E-state index contributed by atoms with van der Waals surface area (Å²) in [7, 11) is 3.42. The second kappa shape index (κ2) is 13.9. The molecule has 8 heteroatoms. The lowest BCUT2D eigenvalue weighted by Crippen LogP contribution is -2.33. The van der Waals surface area contributed by atoms with Gasteiger partial charge in [0.2, 0.25) is 0 Å². The number of ether oxygens (including phenoxy) is 2. The Bertz CT molecular complexity index is 798. The number of benzene rings is 1. The van der Waals surface area contributed by atoms with Crippen LogP contribution in [0.2, 0.25) is 0 Å². The van der Waals surface area contributed by atoms with Crippen molar-refractivity contribution in [1.29, 1.82) is 0 Å². The summed E-state index contributed by atoms with van der Waals surface area (Å²) in [6, 6.07) is 5.83. The monoisotopic (exact) mass is 456 g/mol. The first-order valence-corrected chi connectivity index (χ1v) is 12.1. The van der Waals surface area contributed by atoms with E-state index in [0.29, 0.717) is 24.2 Å². The maximum atomic E-state index is 6.06. The van der Waals surface area contributed by atoms with E-state index in [4.69, 9.17) is 9.47 Å². The van der Waals surface area contributed by atoms with Gasteiger partial charge in [-0.25, -0.2) is 4.99 Å². The SMILES string of the molecule is C=N/C(=C\C(=N/C)Nc1ccc(OC)c(OCCCN2CCCC2)c1)NCC1CCNCC1. The molecule has 3 N–H and O–H groups in total. The van der Waals surface area contributed by atoms with E-state index in [1.54, 1.807) is 14.2 Å². The predicted molar refractivity (Wildman–Crippen MR) is 137 cm³/mol. The van der Waals surface area contributed by atoms with Gasteiger partial charge in [0, 0.05) is 38.0 Å². The van der Waals surface area contributed by atoms with Gasteiger partial charge in [-0.05, 0) is 83.1 Å². The van der Waals surface area contributed by atoms with Gasteiger partial charge in [0.1, 0.15) is 11.7 Å². The number of hydrogen-bond donors (Lipinski definition) is 3. The molecule has 2 saturated heterocycles. The number of nitrogens with one attached hydrogen (secondary N) is 3. The molecule has 2 aliphatic heterocycles. The first-order chi connectivity index (χ1) is 16.2. The van der Waals surface area contributed by atoms with Gasteiger partial charge in [0.05, 0.1) is 13.7 Å². The normalized spacial score (nSPS) is 18.2. The summed E-state index contributed by atoms with van der Waals surface area (Å²) in [5.41, 5.74) is 0.879. The van der Waals surface area contributed by atoms with Crippen LogP contribution in [0.5, 0.6) is 11.5 Å². The largest absolute Gasteiger partial charge is 0.493 e. The van der Waals surface area contributed by atoms with Crippen LogP contribution >= 0.6 is 0 Å². The van der Waals surface area contributed by atoms with Crippen LogP contribution in [0.15, 0.2) is 40.1 Å². The zero-order chi connectivity index (χ0) is 23.3. The molecule has 2 aliphatic rings. The van der Waals surface area contributed by atoms with E-state index in [1.165, 1.54) is 38.8 Å². The van der Waals surface area contributed by atoms with Gasteiger partial charge in [-0.3, -0.25) is 4.99 Å². The average Bonchev–Trinajstić information content (AvgIpc) is 3.38. The number of hydrogen-bond acceptors (Lipinski definition) is 7. The lowest BCUT2D eigenvalue weighted by atomic mass is 9.98. The molecule has 0 radical (unpaired) electrons. The van der Waals surface area contributed by atoms with E-state index in [9.17, 15) is 0 Å². The highest BCUT2D eigenvalue weighted by Gasteiger charge is 2.14. The second-order valence-electron chi connectivity index (χ2n) is 8.61. The fraction of sp³-hybridized carbons (Fsp3) is 0.600. The van der Waals surface area contributed by atoms with Crippen LogP contribution in [0.3, 0.4) is 0 Å². The van der Waals surface area contributed by atoms with Gasteiger partial charge >= 0.3 is 0 Å². The van der Waals surface area contributed by atoms with E-state index in [2.05, 4.69) is 37.6 Å². The molecule has 0 amide bonds. The molecule has 2 fully saturated rings. The summed E-state index contributed by atoms with van der Waals surface area (Å²) in [5.74, 6) is 3.52. The quantitative estimate of drug-likeness (QED) is 0.255. The summed E-state index contributed by atoms with van der Waals surface area (Å²) in [6.07, 6.45) is 7.87. The first kappa shape index (κ1) is 25.1. The summed E-state index contributed by atoms with van der Waals surface area (Å²) >= 11 is 0. The van der Waals surface area contributed by atoms with Crippen LogP contribution in [0.4, 0.5) is 5.69 Å². The molecule has 3 rings (SSSR count). The zero-order valence-electron chi connectivity index (χ0n) is 20.2. The molecular weight excluding hydrogens is 416 g/mol. The van der Waals surface area contributed by atoms with Crippen LogP contribution in [0.25, 0.3) is 0 Å². The Morgan fingerprint density at radius 1 is 1.24 bits per heavy atom. The summed E-state index contributed by atoms with van der Waals surface area (Å²) in [5, 5.41) is 10.2. The minimum absolute atomic E-state index is 0.651. The highest BCUT2D eigenvalue weighted by molar-refractivity contribution is 6.04. The van der Waals surface area contributed by atoms with Crippen LogP contribution in [-0.2, 0) is 0 Å². The molecule has 0 unspecified atom stereocenters. The fourth-order valence-corrected chi connectivity index (χ4v) is 4.27. The number of anilines is 1. The molecule has 0 atom stereocenters. The number of piperidine rings is 1. The Morgan fingerprint density at radius 2 is 2.03 bits per heavy atom. The molecule has 0 aliphatic carbocycles. The van der Waals surface area contributed by atoms with Crippen LogP contribution in [0.1, 0.15) is 32.1 Å². The number of nitrogens with zero attached hydrogens (tertiary/aromatic N) is 3. The molecule has 0 saturated carbocycles. The lowest BCUT2D eigenvalue weighted by Gasteiger charge is -2.23. The minimum atomic E-state index is 0.651. The standard InChI is InChI=1S/C25H40N6O2/c1-26-24(29-19-20-9-11-28-12-10-20)18-25(27-2)30-21-7-8-22(32-3)23(17-21)33-16-6-15-31-13-4-5-14-31/h7-8,17-18,20,28-29H,1,4-6,9-16,19H2,2-3H3,(H,27,30)/b24-18+. The molecule has 1 aromatic carbocycles. The van der Waals surface area contributed by atoms with Gasteiger partial charge in [0.25, 0.3) is 0 Å². The van der Waals surface area contributed by atoms with Crippen LogP contribution in [-0.4, -0.2) is 77.5 Å². The van der Waals surface area contributed by atoms with Gasteiger partial charge < -0.3 is 30.3 Å². The first-order valence-electron chi connectivity index (χ1n) is 12.1. The van der Waals surface area contributed by atoms with Crippen molar-refractivity contribution in [2.24, 2.45) is 15.9 Å². The Hall–Kier alpha value is -2.58. The fourth-order valence-electron chi connectivity index (χ4n) is 4.27. The van der Waals surface area contributed by atoms with Crippen molar-refractivity contribution in [3.8, 4) is 11.5 Å². The molecular formula is C25H40N6O2. The van der Waals surface area contributed by atoms with Crippen molar-refractivity contribution in [3.05, 3.63) is 30.1 Å². The maximum absolute atomic E-state index is 6.06. The van der Waals surface area contributed by atoms with Crippen molar-refractivity contribution in [2.45, 2.75) is 32.1 Å². The molecule has 8 nitrogen and oxygen atoms in total. The number of aliphatic imine (C=N–C) groups is 2. The van der Waals surface area contributed by atoms with Crippen LogP contribution in [0, 0.1) is 5.92 Å². The number of methoxy groups -OCH3 is 1. The number of likely N-dealkylation sites (tertiary alicyclic amines) is 1. The molecule has 0 spiro atoms.